The van der Waals surface area contributed by atoms with Crippen molar-refractivity contribution < 1.29 is 22.7 Å². The lowest BCUT2D eigenvalue weighted by Crippen LogP contribution is -2.40. The van der Waals surface area contributed by atoms with E-state index < -0.39 is 21.9 Å². The van der Waals surface area contributed by atoms with Crippen LogP contribution < -0.4 is 4.74 Å². The lowest BCUT2D eigenvalue weighted by Gasteiger charge is -2.29. The zero-order chi connectivity index (χ0) is 22.2. The molecule has 1 aromatic heterocycles. The molecule has 0 spiro atoms. The Labute approximate surface area is 184 Å². The van der Waals surface area contributed by atoms with Crippen LogP contribution in [0.25, 0.3) is 22.6 Å². The average Bonchev–Trinajstić information content (AvgIpc) is 3.25. The third kappa shape index (κ3) is 4.31. The number of halogens is 2. The molecule has 0 radical (unpaired) electrons. The number of benzene rings is 2. The predicted molar refractivity (Wildman–Crippen MR) is 115 cm³/mol. The number of ether oxygens (including phenoxy) is 1. The third-order valence-corrected chi connectivity index (χ3v) is 7.66. The summed E-state index contributed by atoms with van der Waals surface area (Å²) in [5, 5.41) is 9.78. The van der Waals surface area contributed by atoms with Crippen molar-refractivity contribution >= 4 is 21.6 Å². The monoisotopic (exact) mass is 465 g/mol. The second kappa shape index (κ2) is 8.58. The molecule has 1 aliphatic rings. The van der Waals surface area contributed by atoms with E-state index >= 15 is 0 Å². The normalized spacial score (nSPS) is 15.9. The molecule has 164 valence electrons. The fraction of sp³-hybridized carbons (Fsp3) is 0.286. The second-order valence-corrected chi connectivity index (χ2v) is 9.59. The van der Waals surface area contributed by atoms with Crippen LogP contribution in [0.15, 0.2) is 47.5 Å². The summed E-state index contributed by atoms with van der Waals surface area (Å²) in [6, 6.07) is 9.13. The number of aliphatic hydroxyl groups excluding tert-OH is 1. The van der Waals surface area contributed by atoms with Crippen molar-refractivity contribution in [2.75, 3.05) is 20.2 Å². The van der Waals surface area contributed by atoms with Crippen LogP contribution in [0, 0.1) is 5.82 Å². The number of aromatic amines is 1. The molecule has 1 saturated heterocycles. The van der Waals surface area contributed by atoms with Crippen LogP contribution in [0.1, 0.15) is 12.8 Å². The summed E-state index contributed by atoms with van der Waals surface area (Å²) in [5.74, 6) is 0.0874. The largest absolute Gasteiger partial charge is 0.494 e. The molecule has 0 amide bonds. The maximum atomic E-state index is 13.7. The van der Waals surface area contributed by atoms with Gasteiger partial charge in [0.05, 0.1) is 30.1 Å². The summed E-state index contributed by atoms with van der Waals surface area (Å²) in [5.41, 5.74) is 1.84. The lowest BCUT2D eigenvalue weighted by atomic mass is 10.1. The van der Waals surface area contributed by atoms with Crippen LogP contribution in [0.4, 0.5) is 4.39 Å². The van der Waals surface area contributed by atoms with Gasteiger partial charge in [0.2, 0.25) is 10.0 Å². The van der Waals surface area contributed by atoms with E-state index in [1.807, 2.05) is 0 Å². The van der Waals surface area contributed by atoms with Crippen molar-refractivity contribution in [2.45, 2.75) is 23.8 Å². The topological polar surface area (TPSA) is 95.5 Å². The minimum atomic E-state index is -3.82. The van der Waals surface area contributed by atoms with Gasteiger partial charge < -0.3 is 14.8 Å². The van der Waals surface area contributed by atoms with Crippen LogP contribution in [-0.2, 0) is 10.0 Å². The third-order valence-electron chi connectivity index (χ3n) is 5.28. The van der Waals surface area contributed by atoms with E-state index in [2.05, 4.69) is 9.97 Å². The number of sulfonamides is 1. The zero-order valence-electron chi connectivity index (χ0n) is 16.7. The van der Waals surface area contributed by atoms with E-state index in [9.17, 15) is 17.9 Å². The van der Waals surface area contributed by atoms with Gasteiger partial charge in [-0.05, 0) is 49.2 Å². The Kier molecular flexibility index (Phi) is 6.02. The lowest BCUT2D eigenvalue weighted by molar-refractivity contribution is 0.113. The highest BCUT2D eigenvalue weighted by molar-refractivity contribution is 7.89. The second-order valence-electron chi connectivity index (χ2n) is 7.28. The number of imidazole rings is 1. The van der Waals surface area contributed by atoms with E-state index in [4.69, 9.17) is 16.3 Å². The van der Waals surface area contributed by atoms with Gasteiger partial charge in [0.15, 0.2) is 11.6 Å². The first-order valence-electron chi connectivity index (χ1n) is 9.66. The van der Waals surface area contributed by atoms with Crippen molar-refractivity contribution in [2.24, 2.45) is 0 Å². The van der Waals surface area contributed by atoms with Gasteiger partial charge in [-0.25, -0.2) is 17.8 Å². The van der Waals surface area contributed by atoms with Crippen LogP contribution >= 0.6 is 11.6 Å². The van der Waals surface area contributed by atoms with E-state index in [0.717, 1.165) is 0 Å². The van der Waals surface area contributed by atoms with E-state index in [1.165, 1.54) is 29.6 Å². The summed E-state index contributed by atoms with van der Waals surface area (Å²) >= 11 is 6.23. The quantitative estimate of drug-likeness (QED) is 0.599. The molecule has 0 aliphatic carbocycles. The maximum absolute atomic E-state index is 13.7. The van der Waals surface area contributed by atoms with Crippen LogP contribution in [0.5, 0.6) is 5.75 Å². The van der Waals surface area contributed by atoms with Crippen molar-refractivity contribution in [3.8, 4) is 28.4 Å². The molecule has 3 aromatic rings. The van der Waals surface area contributed by atoms with Gasteiger partial charge in [-0.1, -0.05) is 11.6 Å². The molecule has 31 heavy (non-hydrogen) atoms. The predicted octanol–water partition coefficient (Wildman–Crippen LogP) is 3.69. The fourth-order valence-corrected chi connectivity index (χ4v) is 5.48. The Balaban J connectivity index is 1.66. The molecule has 1 aliphatic heterocycles. The van der Waals surface area contributed by atoms with Gasteiger partial charge in [-0.2, -0.15) is 4.31 Å². The van der Waals surface area contributed by atoms with Crippen LogP contribution in [0.3, 0.4) is 0 Å². The molecule has 0 atom stereocenters. The summed E-state index contributed by atoms with van der Waals surface area (Å²) in [4.78, 5) is 7.46. The molecule has 1 fully saturated rings. The number of H-pyrrole nitrogens is 1. The summed E-state index contributed by atoms with van der Waals surface area (Å²) in [6.45, 7) is 0.475. The Morgan fingerprint density at radius 3 is 2.61 bits per heavy atom. The number of hydrogen-bond acceptors (Lipinski definition) is 5. The van der Waals surface area contributed by atoms with Gasteiger partial charge in [0.1, 0.15) is 10.7 Å². The Morgan fingerprint density at radius 1 is 1.19 bits per heavy atom. The molecule has 2 heterocycles. The highest BCUT2D eigenvalue weighted by Crippen LogP contribution is 2.32. The standard InChI is InChI=1S/C21H21ClFN3O4S/c1-30-19-10-13(3-5-17(19)23)18-12-24-21(25-18)14-2-4-16(22)20(11-14)31(28,29)26-8-6-15(27)7-9-26/h2-5,10-12,15,27H,6-9H2,1H3,(H,24,25). The number of aliphatic hydroxyl groups is 1. The Morgan fingerprint density at radius 2 is 1.90 bits per heavy atom. The molecule has 2 aromatic carbocycles. The van der Waals surface area contributed by atoms with Crippen molar-refractivity contribution in [3.63, 3.8) is 0 Å². The highest BCUT2D eigenvalue weighted by atomic mass is 35.5. The summed E-state index contributed by atoms with van der Waals surface area (Å²) < 4.78 is 46.3. The number of piperidine rings is 1. The van der Waals surface area contributed by atoms with Crippen molar-refractivity contribution in [3.05, 3.63) is 53.4 Å². The van der Waals surface area contributed by atoms with Gasteiger partial charge in [0.25, 0.3) is 0 Å². The van der Waals surface area contributed by atoms with Gasteiger partial charge >= 0.3 is 0 Å². The first kappa shape index (κ1) is 21.8. The Hall–Kier alpha value is -2.46. The van der Waals surface area contributed by atoms with Gasteiger partial charge in [0, 0.05) is 24.2 Å². The maximum Gasteiger partial charge on any atom is 0.244 e. The minimum Gasteiger partial charge on any atom is -0.494 e. The molecule has 2 N–H and O–H groups in total. The SMILES string of the molecule is COc1cc(-c2cnc(-c3ccc(Cl)c(S(=O)(=O)N4CCC(O)CC4)c3)[nH]2)ccc1F. The van der Waals surface area contributed by atoms with E-state index in [1.54, 1.807) is 24.4 Å². The molecule has 7 nitrogen and oxygen atoms in total. The molecule has 0 unspecified atom stereocenters. The number of methoxy groups -OCH3 is 1. The molecular formula is C21H21ClFN3O4S. The van der Waals surface area contributed by atoms with E-state index in [-0.39, 0.29) is 28.8 Å². The molecule has 0 bridgehead atoms. The minimum absolute atomic E-state index is 0.00976. The molecule has 0 saturated carbocycles. The number of nitrogens with one attached hydrogen (secondary N) is 1. The average molecular weight is 466 g/mol. The number of hydrogen-bond donors (Lipinski definition) is 2. The molecule has 10 heteroatoms. The summed E-state index contributed by atoms with van der Waals surface area (Å²) in [7, 11) is -2.43. The summed E-state index contributed by atoms with van der Waals surface area (Å²) in [6.07, 6.45) is 1.87. The zero-order valence-corrected chi connectivity index (χ0v) is 18.3. The molecule has 4 rings (SSSR count). The Bertz CT molecular complexity index is 1210. The fourth-order valence-electron chi connectivity index (χ4n) is 3.51. The van der Waals surface area contributed by atoms with Crippen LogP contribution in [-0.4, -0.2) is 54.1 Å². The van der Waals surface area contributed by atoms with Gasteiger partial charge in [-0.15, -0.1) is 0 Å². The van der Waals surface area contributed by atoms with Crippen molar-refractivity contribution in [1.29, 1.82) is 0 Å². The first-order chi connectivity index (χ1) is 14.8. The first-order valence-corrected chi connectivity index (χ1v) is 11.5. The van der Waals surface area contributed by atoms with Gasteiger partial charge in [-0.3, -0.25) is 0 Å². The number of aromatic nitrogens is 2. The number of rotatable bonds is 5. The van der Waals surface area contributed by atoms with Crippen LogP contribution in [0.2, 0.25) is 5.02 Å². The smallest absolute Gasteiger partial charge is 0.244 e. The van der Waals surface area contributed by atoms with Crippen molar-refractivity contribution in [1.82, 2.24) is 14.3 Å². The van der Waals surface area contributed by atoms with E-state index in [0.29, 0.717) is 35.5 Å². The molecular weight excluding hydrogens is 445 g/mol. The number of nitrogens with zero attached hydrogens (tertiary/aromatic N) is 2. The highest BCUT2D eigenvalue weighted by Gasteiger charge is 2.30.